The molecule has 0 N–H and O–H groups in total. The van der Waals surface area contributed by atoms with Gasteiger partial charge in [-0.25, -0.2) is 9.36 Å². The first kappa shape index (κ1) is 15.1. The number of nitrogens with zero attached hydrogens (tertiary/aromatic N) is 2. The van der Waals surface area contributed by atoms with Gasteiger partial charge in [0.25, 0.3) is 5.56 Å². The van der Waals surface area contributed by atoms with Crippen LogP contribution in [0.1, 0.15) is 16.8 Å². The van der Waals surface area contributed by atoms with Crippen molar-refractivity contribution in [1.29, 1.82) is 0 Å². The Hall–Kier alpha value is -2.31. The Morgan fingerprint density at radius 1 is 1.05 bits per heavy atom. The monoisotopic (exact) mass is 298 g/mol. The van der Waals surface area contributed by atoms with E-state index in [9.17, 15) is 22.8 Å². The highest BCUT2D eigenvalue weighted by Gasteiger charge is 2.35. The maximum Gasteiger partial charge on any atom is 0.431 e. The van der Waals surface area contributed by atoms with Gasteiger partial charge in [0.1, 0.15) is 5.69 Å². The van der Waals surface area contributed by atoms with Crippen LogP contribution < -0.4 is 11.2 Å². The van der Waals surface area contributed by atoms with Crippen LogP contribution in [0.25, 0.3) is 5.69 Å². The predicted octanol–water partition coefficient (Wildman–Crippen LogP) is 2.17. The standard InChI is InChI=1S/C14H13F3N2O2/c1-8-4-5-10(9(2)6-8)19-12(20)7-11(14(15,16)17)18(3)13(19)21/h4-7H,1-3H3. The summed E-state index contributed by atoms with van der Waals surface area (Å²) in [5.41, 5.74) is -1.46. The van der Waals surface area contributed by atoms with Crippen LogP contribution in [0.5, 0.6) is 0 Å². The van der Waals surface area contributed by atoms with Crippen molar-refractivity contribution in [3.8, 4) is 5.69 Å². The molecule has 0 unspecified atom stereocenters. The van der Waals surface area contributed by atoms with Gasteiger partial charge in [0, 0.05) is 13.1 Å². The third-order valence-corrected chi connectivity index (χ3v) is 3.20. The normalized spacial score (nSPS) is 11.7. The van der Waals surface area contributed by atoms with Gasteiger partial charge in [-0.1, -0.05) is 17.7 Å². The number of aryl methyl sites for hydroxylation is 2. The summed E-state index contributed by atoms with van der Waals surface area (Å²) in [5.74, 6) is 0. The predicted molar refractivity (Wildman–Crippen MR) is 71.8 cm³/mol. The molecule has 0 aliphatic rings. The quantitative estimate of drug-likeness (QED) is 0.810. The highest BCUT2D eigenvalue weighted by atomic mass is 19.4. The summed E-state index contributed by atoms with van der Waals surface area (Å²) >= 11 is 0. The Balaban J connectivity index is 2.82. The lowest BCUT2D eigenvalue weighted by Crippen LogP contribution is -2.41. The molecule has 21 heavy (non-hydrogen) atoms. The zero-order valence-corrected chi connectivity index (χ0v) is 11.7. The molecule has 0 saturated carbocycles. The molecule has 0 atom stereocenters. The first-order valence-corrected chi connectivity index (χ1v) is 6.11. The highest BCUT2D eigenvalue weighted by molar-refractivity contribution is 5.42. The fraction of sp³-hybridized carbons (Fsp3) is 0.286. The molecular weight excluding hydrogens is 285 g/mol. The lowest BCUT2D eigenvalue weighted by atomic mass is 10.1. The zero-order chi connectivity index (χ0) is 15.9. The van der Waals surface area contributed by atoms with Crippen LogP contribution in [0.15, 0.2) is 33.9 Å². The van der Waals surface area contributed by atoms with Crippen molar-refractivity contribution >= 4 is 0 Å². The van der Waals surface area contributed by atoms with E-state index in [4.69, 9.17) is 0 Å². The fourth-order valence-electron chi connectivity index (χ4n) is 2.18. The summed E-state index contributed by atoms with van der Waals surface area (Å²) < 4.78 is 39.5. The lowest BCUT2D eigenvalue weighted by molar-refractivity contribution is -0.144. The van der Waals surface area contributed by atoms with Crippen molar-refractivity contribution in [2.24, 2.45) is 7.05 Å². The molecule has 4 nitrogen and oxygen atoms in total. The summed E-state index contributed by atoms with van der Waals surface area (Å²) in [7, 11) is 0.991. The largest absolute Gasteiger partial charge is 0.431 e. The Kier molecular flexibility index (Phi) is 3.52. The summed E-state index contributed by atoms with van der Waals surface area (Å²) in [4.78, 5) is 24.1. The minimum Gasteiger partial charge on any atom is -0.292 e. The molecule has 0 amide bonds. The van der Waals surface area contributed by atoms with Gasteiger partial charge in [0.05, 0.1) is 5.69 Å². The molecule has 2 rings (SSSR count). The van der Waals surface area contributed by atoms with Crippen LogP contribution in [0, 0.1) is 13.8 Å². The molecule has 0 bridgehead atoms. The zero-order valence-electron chi connectivity index (χ0n) is 11.7. The fourth-order valence-corrected chi connectivity index (χ4v) is 2.18. The van der Waals surface area contributed by atoms with E-state index in [0.717, 1.165) is 17.2 Å². The molecule has 2 aromatic rings. The third kappa shape index (κ3) is 2.63. The minimum atomic E-state index is -4.76. The topological polar surface area (TPSA) is 44.0 Å². The third-order valence-electron chi connectivity index (χ3n) is 3.20. The molecule has 0 saturated heterocycles. The number of hydrogen-bond acceptors (Lipinski definition) is 2. The van der Waals surface area contributed by atoms with Crippen molar-refractivity contribution in [3.63, 3.8) is 0 Å². The Labute approximate surface area is 118 Å². The van der Waals surface area contributed by atoms with E-state index >= 15 is 0 Å². The minimum absolute atomic E-state index is 0.278. The van der Waals surface area contributed by atoms with Crippen LogP contribution in [0.2, 0.25) is 0 Å². The second-order valence-corrected chi connectivity index (χ2v) is 4.83. The molecule has 0 spiro atoms. The molecule has 0 aliphatic heterocycles. The molecule has 0 aliphatic carbocycles. The second-order valence-electron chi connectivity index (χ2n) is 4.83. The SMILES string of the molecule is Cc1ccc(-n2c(=O)cc(C(F)(F)F)n(C)c2=O)c(C)c1. The van der Waals surface area contributed by atoms with E-state index in [1.54, 1.807) is 25.1 Å². The number of rotatable bonds is 1. The van der Waals surface area contributed by atoms with Gasteiger partial charge in [-0.15, -0.1) is 0 Å². The van der Waals surface area contributed by atoms with Crippen molar-refractivity contribution in [2.75, 3.05) is 0 Å². The van der Waals surface area contributed by atoms with Gasteiger partial charge in [-0.3, -0.25) is 9.36 Å². The summed E-state index contributed by atoms with van der Waals surface area (Å²) in [6.45, 7) is 3.52. The first-order valence-electron chi connectivity index (χ1n) is 6.11. The number of benzene rings is 1. The molecular formula is C14H13F3N2O2. The first-order chi connectivity index (χ1) is 9.62. The van der Waals surface area contributed by atoms with Gasteiger partial charge in [-0.05, 0) is 25.5 Å². The molecule has 1 heterocycles. The second kappa shape index (κ2) is 4.91. The maximum absolute atomic E-state index is 12.8. The molecule has 112 valence electrons. The Bertz CT molecular complexity index is 816. The van der Waals surface area contributed by atoms with Crippen LogP contribution in [-0.2, 0) is 13.2 Å². The van der Waals surface area contributed by atoms with Crippen LogP contribution >= 0.6 is 0 Å². The highest BCUT2D eigenvalue weighted by Crippen LogP contribution is 2.27. The Morgan fingerprint density at radius 3 is 2.19 bits per heavy atom. The van der Waals surface area contributed by atoms with Crippen molar-refractivity contribution in [3.05, 3.63) is 61.9 Å². The molecule has 0 radical (unpaired) electrons. The summed E-state index contributed by atoms with van der Waals surface area (Å²) in [5, 5.41) is 0. The van der Waals surface area contributed by atoms with Crippen LogP contribution in [0.3, 0.4) is 0 Å². The molecule has 0 fully saturated rings. The van der Waals surface area contributed by atoms with Crippen molar-refractivity contribution in [1.82, 2.24) is 9.13 Å². The summed E-state index contributed by atoms with van der Waals surface area (Å²) in [6, 6.07) is 5.41. The van der Waals surface area contributed by atoms with Gasteiger partial charge in [0.15, 0.2) is 0 Å². The van der Waals surface area contributed by atoms with Gasteiger partial charge in [-0.2, -0.15) is 13.2 Å². The maximum atomic E-state index is 12.8. The molecule has 1 aromatic carbocycles. The van der Waals surface area contributed by atoms with E-state index in [1.165, 1.54) is 0 Å². The number of halogens is 3. The van der Waals surface area contributed by atoms with E-state index in [-0.39, 0.29) is 5.69 Å². The van der Waals surface area contributed by atoms with Crippen molar-refractivity contribution < 1.29 is 13.2 Å². The smallest absolute Gasteiger partial charge is 0.292 e. The van der Waals surface area contributed by atoms with Gasteiger partial charge in [0.2, 0.25) is 0 Å². The number of alkyl halides is 3. The van der Waals surface area contributed by atoms with Gasteiger partial charge < -0.3 is 0 Å². The van der Waals surface area contributed by atoms with E-state index < -0.39 is 23.1 Å². The van der Waals surface area contributed by atoms with E-state index in [1.807, 2.05) is 6.92 Å². The van der Waals surface area contributed by atoms with Crippen molar-refractivity contribution in [2.45, 2.75) is 20.0 Å². The van der Waals surface area contributed by atoms with E-state index in [2.05, 4.69) is 0 Å². The van der Waals surface area contributed by atoms with Gasteiger partial charge >= 0.3 is 11.9 Å². The Morgan fingerprint density at radius 2 is 1.67 bits per heavy atom. The number of aromatic nitrogens is 2. The average Bonchev–Trinajstić information content (AvgIpc) is 2.35. The van der Waals surface area contributed by atoms with Crippen LogP contribution in [-0.4, -0.2) is 9.13 Å². The van der Waals surface area contributed by atoms with E-state index in [0.29, 0.717) is 16.2 Å². The average molecular weight is 298 g/mol. The molecule has 7 heteroatoms. The summed E-state index contributed by atoms with van der Waals surface area (Å²) in [6.07, 6.45) is -4.76. The number of hydrogen-bond donors (Lipinski definition) is 0. The van der Waals surface area contributed by atoms with Crippen LogP contribution in [0.4, 0.5) is 13.2 Å². The lowest BCUT2D eigenvalue weighted by Gasteiger charge is -2.15. The molecule has 1 aromatic heterocycles.